The van der Waals surface area contributed by atoms with Crippen LogP contribution in [0.1, 0.15) is 159 Å². The van der Waals surface area contributed by atoms with Gasteiger partial charge in [0.25, 0.3) is 6.71 Å². The van der Waals surface area contributed by atoms with E-state index in [0.29, 0.717) is 17.8 Å². The third-order valence-electron chi connectivity index (χ3n) is 14.5. The van der Waals surface area contributed by atoms with Gasteiger partial charge in [-0.1, -0.05) is 176 Å². The zero-order chi connectivity index (χ0) is 46.5. The van der Waals surface area contributed by atoms with Crippen LogP contribution in [-0.4, -0.2) is 6.71 Å². The quantitative estimate of drug-likeness (QED) is 0.142. The Balaban J connectivity index is 1.38. The summed E-state index contributed by atoms with van der Waals surface area (Å²) in [5.74, 6) is 2.89. The Bertz CT molecular complexity index is 2870. The molecule has 4 heteroatoms. The molecule has 2 aliphatic heterocycles. The Hall–Kier alpha value is -5.74. The number of hydrogen-bond donors (Lipinski definition) is 0. The van der Waals surface area contributed by atoms with Crippen LogP contribution in [0, 0.1) is 6.92 Å². The molecule has 3 heterocycles. The van der Waals surface area contributed by atoms with Gasteiger partial charge in [0.2, 0.25) is 0 Å². The van der Waals surface area contributed by atoms with Crippen molar-refractivity contribution in [1.82, 2.24) is 0 Å². The van der Waals surface area contributed by atoms with Crippen molar-refractivity contribution in [3.8, 4) is 11.3 Å². The Morgan fingerprint density at radius 2 is 0.985 bits per heavy atom. The smallest absolute Gasteiger partial charge is 0.256 e. The van der Waals surface area contributed by atoms with Crippen LogP contribution in [0.5, 0.6) is 0 Å². The highest BCUT2D eigenvalue weighted by Gasteiger charge is 2.46. The van der Waals surface area contributed by atoms with Crippen molar-refractivity contribution in [1.29, 1.82) is 0 Å². The van der Waals surface area contributed by atoms with E-state index in [1.165, 1.54) is 83.5 Å². The molecule has 9 rings (SSSR count). The van der Waals surface area contributed by atoms with Gasteiger partial charge in [-0.15, -0.1) is 0 Å². The van der Waals surface area contributed by atoms with E-state index < -0.39 is 0 Å². The molecule has 1 aromatic heterocycles. The van der Waals surface area contributed by atoms with Crippen LogP contribution in [0.4, 0.5) is 34.3 Å². The Morgan fingerprint density at radius 3 is 1.49 bits per heavy atom. The zero-order valence-electron chi connectivity index (χ0n) is 41.7. The van der Waals surface area contributed by atoms with E-state index in [1.54, 1.807) is 0 Å². The molecular weight excluding hydrogens is 787 g/mol. The lowest BCUT2D eigenvalue weighted by Gasteiger charge is -2.43. The van der Waals surface area contributed by atoms with E-state index in [2.05, 4.69) is 241 Å². The normalized spacial score (nSPS) is 13.8. The number of fused-ring (bicyclic) bond motifs is 4. The number of benzene rings is 6. The first-order valence-electron chi connectivity index (χ1n) is 24.1. The van der Waals surface area contributed by atoms with E-state index in [-0.39, 0.29) is 23.0 Å². The molecule has 7 aromatic rings. The number of nitrogens with zero attached hydrogens (tertiary/aromatic N) is 2. The molecule has 2 aliphatic rings. The fourth-order valence-electron chi connectivity index (χ4n) is 10.4. The van der Waals surface area contributed by atoms with Crippen molar-refractivity contribution in [2.45, 2.75) is 138 Å². The monoisotopic (exact) mass is 857 g/mol. The van der Waals surface area contributed by atoms with E-state index in [9.17, 15) is 0 Å². The van der Waals surface area contributed by atoms with E-state index in [4.69, 9.17) is 4.42 Å². The van der Waals surface area contributed by atoms with Crippen LogP contribution >= 0.6 is 0 Å². The van der Waals surface area contributed by atoms with Crippen molar-refractivity contribution in [3.05, 3.63) is 172 Å². The minimum absolute atomic E-state index is 0.0255. The third-order valence-corrected chi connectivity index (χ3v) is 14.5. The van der Waals surface area contributed by atoms with Gasteiger partial charge < -0.3 is 9.32 Å². The third kappa shape index (κ3) is 7.65. The van der Waals surface area contributed by atoms with E-state index in [0.717, 1.165) is 23.0 Å². The highest BCUT2D eigenvalue weighted by atomic mass is 16.4. The number of rotatable bonds is 8. The lowest BCUT2D eigenvalue weighted by Crippen LogP contribution is -2.61. The second-order valence-corrected chi connectivity index (χ2v) is 22.6. The molecule has 0 fully saturated rings. The van der Waals surface area contributed by atoms with E-state index in [1.807, 2.05) is 0 Å². The first-order chi connectivity index (χ1) is 30.6. The molecule has 0 spiro atoms. The fraction of sp³-hybridized carbons (Fsp3) is 0.344. The summed E-state index contributed by atoms with van der Waals surface area (Å²) in [4.78, 5) is 4.97. The number of furan rings is 1. The summed E-state index contributed by atoms with van der Waals surface area (Å²) < 4.78 is 7.58. The SMILES string of the molecule is Cc1cc2c3c(c1)N(c1ccc(C(C)(C)C)cc1)c1oc(-c4c(C(C)C)cc(C(C)C)cc4C(C)C)cc1B3c1cc(C(C)(C)c3ccccc3)ccc1N2c1ccc(C(C)(C)C)cc1. The first kappa shape index (κ1) is 44.5. The maximum absolute atomic E-state index is 7.58. The molecule has 0 N–H and O–H groups in total. The molecule has 3 nitrogen and oxygen atoms in total. The predicted molar refractivity (Wildman–Crippen MR) is 281 cm³/mol. The van der Waals surface area contributed by atoms with Crippen LogP contribution < -0.4 is 26.2 Å². The van der Waals surface area contributed by atoms with Gasteiger partial charge in [0, 0.05) is 39.4 Å². The molecule has 0 saturated heterocycles. The van der Waals surface area contributed by atoms with Crippen LogP contribution in [0.25, 0.3) is 11.3 Å². The zero-order valence-corrected chi connectivity index (χ0v) is 41.7. The molecule has 0 radical (unpaired) electrons. The van der Waals surface area contributed by atoms with Crippen molar-refractivity contribution in [3.63, 3.8) is 0 Å². The summed E-state index contributed by atoms with van der Waals surface area (Å²) in [6.07, 6.45) is 0. The van der Waals surface area contributed by atoms with Crippen LogP contribution in [0.3, 0.4) is 0 Å². The molecule has 6 aromatic carbocycles. The summed E-state index contributed by atoms with van der Waals surface area (Å²) in [7, 11) is 0. The summed E-state index contributed by atoms with van der Waals surface area (Å²) in [6.45, 7) is 34.6. The Morgan fingerprint density at radius 1 is 0.477 bits per heavy atom. The van der Waals surface area contributed by atoms with Crippen LogP contribution in [0.15, 0.2) is 132 Å². The van der Waals surface area contributed by atoms with Crippen LogP contribution in [-0.2, 0) is 16.2 Å². The fourth-order valence-corrected chi connectivity index (χ4v) is 10.4. The first-order valence-corrected chi connectivity index (χ1v) is 24.1. The van der Waals surface area contributed by atoms with Gasteiger partial charge in [-0.2, -0.15) is 0 Å². The average molecular weight is 857 g/mol. The summed E-state index contributed by atoms with van der Waals surface area (Å²) in [6, 6.07) is 48.9. The highest BCUT2D eigenvalue weighted by molar-refractivity contribution is 7.00. The van der Waals surface area contributed by atoms with Gasteiger partial charge >= 0.3 is 0 Å². The minimum atomic E-state index is -0.234. The molecule has 0 aliphatic carbocycles. The Labute approximate surface area is 391 Å². The van der Waals surface area contributed by atoms with Crippen molar-refractivity contribution < 1.29 is 4.42 Å². The predicted octanol–water partition coefficient (Wildman–Crippen LogP) is 15.6. The molecule has 0 saturated carbocycles. The molecule has 65 heavy (non-hydrogen) atoms. The second kappa shape index (κ2) is 16.0. The van der Waals surface area contributed by atoms with Crippen molar-refractivity contribution >= 4 is 57.4 Å². The average Bonchev–Trinajstić information content (AvgIpc) is 3.69. The molecule has 0 atom stereocenters. The summed E-state index contributed by atoms with van der Waals surface area (Å²) in [5, 5.41) is 0. The van der Waals surface area contributed by atoms with Crippen LogP contribution in [0.2, 0.25) is 0 Å². The largest absolute Gasteiger partial charge is 0.440 e. The number of aryl methyl sites for hydroxylation is 1. The highest BCUT2D eigenvalue weighted by Crippen LogP contribution is 2.49. The Kier molecular flexibility index (Phi) is 10.9. The van der Waals surface area contributed by atoms with E-state index >= 15 is 0 Å². The van der Waals surface area contributed by atoms with Gasteiger partial charge in [-0.05, 0) is 145 Å². The van der Waals surface area contributed by atoms with Gasteiger partial charge in [-0.3, -0.25) is 4.90 Å². The van der Waals surface area contributed by atoms with Gasteiger partial charge in [0.05, 0.1) is 0 Å². The van der Waals surface area contributed by atoms with Crippen molar-refractivity contribution in [2.24, 2.45) is 0 Å². The molecule has 0 amide bonds. The standard InChI is InChI=1S/C61H69BN2O/c1-37(2)41-33-48(38(3)4)56(49(34-41)39(5)6)55-36-51-58(65-55)64(47-28-23-43(24-29-47)60(11,12)13)54-32-40(7)31-53-57(54)62(51)50-35-45(61(14,15)44-19-17-16-18-20-44)25-30-52(50)63(53)46-26-21-42(22-27-46)59(8,9)10/h16-39H,1-15H3. The number of hydrogen-bond acceptors (Lipinski definition) is 3. The number of anilines is 6. The lowest BCUT2D eigenvalue weighted by atomic mass is 9.33. The maximum atomic E-state index is 7.58. The van der Waals surface area contributed by atoms with Gasteiger partial charge in [0.1, 0.15) is 5.76 Å². The minimum Gasteiger partial charge on any atom is -0.440 e. The molecule has 0 bridgehead atoms. The second-order valence-electron chi connectivity index (χ2n) is 22.6. The topological polar surface area (TPSA) is 19.6 Å². The molecule has 332 valence electrons. The molecular formula is C61H69BN2O. The van der Waals surface area contributed by atoms with Crippen molar-refractivity contribution in [2.75, 3.05) is 9.80 Å². The van der Waals surface area contributed by atoms with Gasteiger partial charge in [-0.25, -0.2) is 0 Å². The summed E-state index contributed by atoms with van der Waals surface area (Å²) >= 11 is 0. The maximum Gasteiger partial charge on any atom is 0.256 e. The summed E-state index contributed by atoms with van der Waals surface area (Å²) in [5.41, 5.74) is 21.2. The van der Waals surface area contributed by atoms with Gasteiger partial charge in [0.15, 0.2) is 5.88 Å². The lowest BCUT2D eigenvalue weighted by molar-refractivity contribution is 0.585. The molecule has 0 unspecified atom stereocenters.